The number of anilines is 2. The first-order chi connectivity index (χ1) is 10.7. The van der Waals surface area contributed by atoms with Crippen LogP contribution >= 0.6 is 0 Å². The van der Waals surface area contributed by atoms with Crippen LogP contribution in [0.15, 0.2) is 66.3 Å². The minimum Gasteiger partial charge on any atom is -0.356 e. The molecule has 2 aromatic carbocycles. The van der Waals surface area contributed by atoms with Crippen LogP contribution in [-0.2, 0) is 5.41 Å². The Kier molecular flexibility index (Phi) is 2.97. The van der Waals surface area contributed by atoms with Gasteiger partial charge in [0.2, 0.25) is 0 Å². The summed E-state index contributed by atoms with van der Waals surface area (Å²) in [6, 6.07) is 17.2. The summed E-state index contributed by atoms with van der Waals surface area (Å²) in [4.78, 5) is 0. The number of rotatable bonds is 2. The van der Waals surface area contributed by atoms with Crippen LogP contribution in [0.5, 0.6) is 0 Å². The van der Waals surface area contributed by atoms with E-state index in [1.54, 1.807) is 5.57 Å². The second kappa shape index (κ2) is 4.88. The first-order valence-corrected chi connectivity index (χ1v) is 8.03. The lowest BCUT2D eigenvalue weighted by atomic mass is 9.78. The van der Waals surface area contributed by atoms with Gasteiger partial charge in [-0.1, -0.05) is 55.8 Å². The number of fused-ring (bicyclic) bond motifs is 2. The van der Waals surface area contributed by atoms with Crippen molar-refractivity contribution in [3.63, 3.8) is 0 Å². The molecule has 1 nitrogen and oxygen atoms in total. The zero-order valence-corrected chi connectivity index (χ0v) is 13.2. The van der Waals surface area contributed by atoms with Crippen LogP contribution in [0.4, 0.5) is 11.4 Å². The van der Waals surface area contributed by atoms with Crippen LogP contribution in [0.25, 0.3) is 5.57 Å². The normalized spacial score (nSPS) is 18.1. The molecule has 0 bridgehead atoms. The Morgan fingerprint density at radius 3 is 2.59 bits per heavy atom. The Bertz CT molecular complexity index is 779. The second-order valence-electron chi connectivity index (χ2n) is 6.71. The Balaban J connectivity index is 1.74. The van der Waals surface area contributed by atoms with Gasteiger partial charge in [0.1, 0.15) is 0 Å². The van der Waals surface area contributed by atoms with Gasteiger partial charge in [-0.05, 0) is 53.8 Å². The predicted molar refractivity (Wildman–Crippen MR) is 94.5 cm³/mol. The monoisotopic (exact) mass is 287 g/mol. The molecule has 0 atom stereocenters. The lowest BCUT2D eigenvalue weighted by Crippen LogP contribution is -2.17. The Morgan fingerprint density at radius 1 is 0.955 bits per heavy atom. The van der Waals surface area contributed by atoms with Crippen LogP contribution in [0.2, 0.25) is 0 Å². The molecule has 0 heterocycles. The molecule has 0 radical (unpaired) electrons. The fourth-order valence-corrected chi connectivity index (χ4v) is 3.79. The standard InChI is InChI=1S/C21H21N/c1-21(2)19-11-7-6-10-17(19)18-13-12-16(14-20(18)21)22-15-8-4-3-5-9-15/h3-6,8-10,12-14,22H,7,11H2,1-2H3. The molecule has 0 saturated carbocycles. The molecule has 0 saturated heterocycles. The number of para-hydroxylation sites is 1. The number of nitrogens with one attached hydrogen (secondary N) is 1. The molecule has 2 aromatic rings. The molecule has 0 unspecified atom stereocenters. The van der Waals surface area contributed by atoms with Gasteiger partial charge in [-0.3, -0.25) is 0 Å². The molecular formula is C21H21N. The first-order valence-electron chi connectivity index (χ1n) is 8.03. The molecule has 2 aliphatic rings. The van der Waals surface area contributed by atoms with Crippen molar-refractivity contribution in [2.24, 2.45) is 0 Å². The van der Waals surface area contributed by atoms with E-state index >= 15 is 0 Å². The van der Waals surface area contributed by atoms with Crippen molar-refractivity contribution in [1.29, 1.82) is 0 Å². The van der Waals surface area contributed by atoms with Gasteiger partial charge in [0.25, 0.3) is 0 Å². The molecule has 22 heavy (non-hydrogen) atoms. The second-order valence-corrected chi connectivity index (χ2v) is 6.71. The van der Waals surface area contributed by atoms with E-state index in [-0.39, 0.29) is 5.41 Å². The molecule has 2 aliphatic carbocycles. The van der Waals surface area contributed by atoms with Gasteiger partial charge in [0.05, 0.1) is 0 Å². The number of benzene rings is 2. The largest absolute Gasteiger partial charge is 0.356 e. The molecule has 0 spiro atoms. The van der Waals surface area contributed by atoms with Crippen LogP contribution < -0.4 is 5.32 Å². The molecule has 0 amide bonds. The lowest BCUT2D eigenvalue weighted by molar-refractivity contribution is 0.607. The minimum atomic E-state index is 0.143. The summed E-state index contributed by atoms with van der Waals surface area (Å²) >= 11 is 0. The van der Waals surface area contributed by atoms with Crippen molar-refractivity contribution in [2.45, 2.75) is 32.1 Å². The summed E-state index contributed by atoms with van der Waals surface area (Å²) in [7, 11) is 0. The van der Waals surface area contributed by atoms with Gasteiger partial charge in [0.15, 0.2) is 0 Å². The number of allylic oxidation sites excluding steroid dienone is 4. The van der Waals surface area contributed by atoms with Crippen LogP contribution in [0.1, 0.15) is 37.8 Å². The van der Waals surface area contributed by atoms with Gasteiger partial charge in [-0.15, -0.1) is 0 Å². The van der Waals surface area contributed by atoms with E-state index < -0.39 is 0 Å². The van der Waals surface area contributed by atoms with E-state index in [0.717, 1.165) is 5.69 Å². The summed E-state index contributed by atoms with van der Waals surface area (Å²) in [6.45, 7) is 4.72. The summed E-state index contributed by atoms with van der Waals surface area (Å²) in [6.07, 6.45) is 6.98. The van der Waals surface area contributed by atoms with Crippen molar-refractivity contribution in [3.05, 3.63) is 77.4 Å². The van der Waals surface area contributed by atoms with Gasteiger partial charge < -0.3 is 5.32 Å². The summed E-state index contributed by atoms with van der Waals surface area (Å²) in [5, 5.41) is 3.52. The van der Waals surface area contributed by atoms with Gasteiger partial charge in [0, 0.05) is 16.8 Å². The summed E-state index contributed by atoms with van der Waals surface area (Å²) in [5.41, 5.74) is 8.36. The Morgan fingerprint density at radius 2 is 1.77 bits per heavy atom. The van der Waals surface area contributed by atoms with E-state index in [2.05, 4.69) is 73.8 Å². The third-order valence-corrected chi connectivity index (χ3v) is 4.97. The predicted octanol–water partition coefficient (Wildman–Crippen LogP) is 5.83. The highest BCUT2D eigenvalue weighted by molar-refractivity contribution is 5.87. The molecule has 0 fully saturated rings. The van der Waals surface area contributed by atoms with Crippen molar-refractivity contribution in [2.75, 3.05) is 5.32 Å². The molecule has 110 valence electrons. The van der Waals surface area contributed by atoms with Crippen molar-refractivity contribution in [3.8, 4) is 0 Å². The third kappa shape index (κ3) is 2.00. The van der Waals surface area contributed by atoms with E-state index in [1.165, 1.54) is 35.2 Å². The molecule has 4 rings (SSSR count). The maximum absolute atomic E-state index is 3.52. The average molecular weight is 287 g/mol. The maximum atomic E-state index is 3.52. The fraction of sp³-hybridized carbons (Fsp3) is 0.238. The topological polar surface area (TPSA) is 12.0 Å². The van der Waals surface area contributed by atoms with Crippen LogP contribution in [0, 0.1) is 0 Å². The zero-order chi connectivity index (χ0) is 15.2. The highest BCUT2D eigenvalue weighted by Gasteiger charge is 2.37. The van der Waals surface area contributed by atoms with Crippen molar-refractivity contribution >= 4 is 16.9 Å². The van der Waals surface area contributed by atoms with E-state index in [4.69, 9.17) is 0 Å². The van der Waals surface area contributed by atoms with Crippen molar-refractivity contribution < 1.29 is 0 Å². The van der Waals surface area contributed by atoms with E-state index in [1.807, 2.05) is 6.07 Å². The van der Waals surface area contributed by atoms with Gasteiger partial charge >= 0.3 is 0 Å². The highest BCUT2D eigenvalue weighted by atomic mass is 14.9. The zero-order valence-electron chi connectivity index (χ0n) is 13.2. The van der Waals surface area contributed by atoms with Gasteiger partial charge in [-0.25, -0.2) is 0 Å². The molecule has 1 N–H and O–H groups in total. The smallest absolute Gasteiger partial charge is 0.0387 e. The fourth-order valence-electron chi connectivity index (χ4n) is 3.79. The molecule has 0 aromatic heterocycles. The first kappa shape index (κ1) is 13.4. The molecule has 1 heteroatoms. The quantitative estimate of drug-likeness (QED) is 0.733. The highest BCUT2D eigenvalue weighted by Crippen LogP contribution is 2.50. The lowest BCUT2D eigenvalue weighted by Gasteiger charge is -2.26. The molecule has 0 aliphatic heterocycles. The van der Waals surface area contributed by atoms with E-state index in [9.17, 15) is 0 Å². The number of hydrogen-bond acceptors (Lipinski definition) is 1. The third-order valence-electron chi connectivity index (χ3n) is 4.97. The van der Waals surface area contributed by atoms with Gasteiger partial charge in [-0.2, -0.15) is 0 Å². The SMILES string of the molecule is CC1(C)C2=C(C=CCC2)c2ccc(Nc3ccccc3)cc21. The van der Waals surface area contributed by atoms with E-state index in [0.29, 0.717) is 0 Å². The summed E-state index contributed by atoms with van der Waals surface area (Å²) < 4.78 is 0. The Hall–Kier alpha value is -2.28. The van der Waals surface area contributed by atoms with Crippen molar-refractivity contribution in [1.82, 2.24) is 0 Å². The summed E-state index contributed by atoms with van der Waals surface area (Å²) in [5.74, 6) is 0. The maximum Gasteiger partial charge on any atom is 0.0387 e. The number of hydrogen-bond donors (Lipinski definition) is 1. The minimum absolute atomic E-state index is 0.143. The Labute approximate surface area is 132 Å². The van der Waals surface area contributed by atoms with Crippen LogP contribution in [-0.4, -0.2) is 0 Å². The van der Waals surface area contributed by atoms with Crippen LogP contribution in [0.3, 0.4) is 0 Å². The average Bonchev–Trinajstić information content (AvgIpc) is 2.77. The molecular weight excluding hydrogens is 266 g/mol.